The molecule has 1 aliphatic carbocycles. The van der Waals surface area contributed by atoms with E-state index in [-0.39, 0.29) is 5.41 Å². The Morgan fingerprint density at radius 3 is 1.65 bits per heavy atom. The van der Waals surface area contributed by atoms with Gasteiger partial charge in [-0.1, -0.05) is 226 Å². The molecule has 1 heterocycles. The van der Waals surface area contributed by atoms with Gasteiger partial charge >= 0.3 is 0 Å². The molecule has 0 fully saturated rings. The van der Waals surface area contributed by atoms with Crippen LogP contribution < -0.4 is 4.90 Å². The van der Waals surface area contributed by atoms with Crippen LogP contribution in [-0.4, -0.2) is 0 Å². The molecule has 0 saturated carbocycles. The Balaban J connectivity index is 1.12. The van der Waals surface area contributed by atoms with E-state index < -0.39 is 0 Å². The average Bonchev–Trinajstić information content (AvgIpc) is 3.91. The topological polar surface area (TPSA) is 16.4 Å². The molecule has 13 rings (SSSR count). The van der Waals surface area contributed by atoms with Crippen molar-refractivity contribution in [1.82, 2.24) is 0 Å². The van der Waals surface area contributed by atoms with E-state index in [9.17, 15) is 0 Å². The van der Waals surface area contributed by atoms with Crippen LogP contribution in [0, 0.1) is 0 Å². The summed E-state index contributed by atoms with van der Waals surface area (Å²) in [5.41, 5.74) is 21.5. The van der Waals surface area contributed by atoms with E-state index in [1.165, 1.54) is 44.2 Å². The number of furan rings is 1. The molecule has 2 heteroatoms. The Kier molecular flexibility index (Phi) is 9.55. The fourth-order valence-corrected chi connectivity index (χ4v) is 11.2. The van der Waals surface area contributed by atoms with Crippen LogP contribution in [0.2, 0.25) is 0 Å². The molecule has 0 unspecified atom stereocenters. The van der Waals surface area contributed by atoms with E-state index in [1.807, 2.05) is 0 Å². The molecule has 0 bridgehead atoms. The lowest BCUT2D eigenvalue weighted by Gasteiger charge is -2.32. The average molecular weight is 882 g/mol. The zero-order valence-electron chi connectivity index (χ0n) is 38.5. The summed E-state index contributed by atoms with van der Waals surface area (Å²) in [6.45, 7) is 4.70. The zero-order chi connectivity index (χ0) is 46.1. The minimum absolute atomic E-state index is 0.110. The van der Waals surface area contributed by atoms with E-state index in [0.29, 0.717) is 0 Å². The number of benzene rings is 11. The Morgan fingerprint density at radius 2 is 0.855 bits per heavy atom. The third-order valence-electron chi connectivity index (χ3n) is 14.5. The Labute approximate surface area is 403 Å². The molecule has 326 valence electrons. The molecule has 0 spiro atoms. The van der Waals surface area contributed by atoms with Gasteiger partial charge in [0, 0.05) is 38.6 Å². The molecular weight excluding hydrogens is 835 g/mol. The van der Waals surface area contributed by atoms with Crippen molar-refractivity contribution in [2.24, 2.45) is 0 Å². The number of anilines is 3. The third kappa shape index (κ3) is 6.63. The maximum Gasteiger partial charge on any atom is 0.143 e. The highest BCUT2D eigenvalue weighted by molar-refractivity contribution is 6.13. The van der Waals surface area contributed by atoms with Crippen molar-refractivity contribution in [2.45, 2.75) is 19.3 Å². The monoisotopic (exact) mass is 881 g/mol. The highest BCUT2D eigenvalue weighted by atomic mass is 16.3. The quantitative estimate of drug-likeness (QED) is 0.151. The molecule has 1 aromatic heterocycles. The van der Waals surface area contributed by atoms with Crippen molar-refractivity contribution in [3.8, 4) is 66.8 Å². The molecule has 0 amide bonds. The summed E-state index contributed by atoms with van der Waals surface area (Å²) < 4.78 is 6.97. The number of hydrogen-bond donors (Lipinski definition) is 0. The summed E-state index contributed by atoms with van der Waals surface area (Å²) in [7, 11) is 0. The van der Waals surface area contributed by atoms with Gasteiger partial charge in [-0.25, -0.2) is 0 Å². The van der Waals surface area contributed by atoms with E-state index in [0.717, 1.165) is 83.5 Å². The molecule has 0 saturated heterocycles. The van der Waals surface area contributed by atoms with Crippen molar-refractivity contribution in [1.29, 1.82) is 0 Å². The van der Waals surface area contributed by atoms with Gasteiger partial charge < -0.3 is 9.32 Å². The number of nitrogens with zero attached hydrogens (tertiary/aromatic N) is 1. The molecule has 11 aromatic carbocycles. The predicted octanol–water partition coefficient (Wildman–Crippen LogP) is 18.9. The highest BCUT2D eigenvalue weighted by Gasteiger charge is 2.36. The standard InChI is InChI=1S/C67H47NO/c1-67(2)59-33-13-11-26-54(59)58-43-48(39-42-60(58)67)53-30-18-35-62(65(53)57-32-16-31-56-55-27-12-14-36-63(55)69-66(56)57)68(49-40-37-46(38-41-49)51-28-15-24-44-21-9-10-25-50(44)51)61-34-17-29-52(45-19-5-3-6-20-45)64(61)47-22-7-4-8-23-47/h3-43H,1-2H3. The van der Waals surface area contributed by atoms with Gasteiger partial charge in [0.05, 0.1) is 11.4 Å². The first-order valence-electron chi connectivity index (χ1n) is 23.9. The summed E-state index contributed by atoms with van der Waals surface area (Å²) in [5, 5.41) is 4.66. The third-order valence-corrected chi connectivity index (χ3v) is 14.5. The SMILES string of the molecule is CC1(C)c2ccccc2-c2cc(-c3cccc(N(c4ccc(-c5cccc6ccccc56)cc4)c4cccc(-c5ccccc5)c4-c4ccccc4)c3-c3cccc4c3oc3ccccc34)ccc21. The summed E-state index contributed by atoms with van der Waals surface area (Å²) in [6.07, 6.45) is 0. The number of hydrogen-bond acceptors (Lipinski definition) is 2. The normalized spacial score (nSPS) is 12.6. The van der Waals surface area contributed by atoms with Crippen LogP contribution >= 0.6 is 0 Å². The van der Waals surface area contributed by atoms with Crippen LogP contribution in [0.1, 0.15) is 25.0 Å². The van der Waals surface area contributed by atoms with Gasteiger partial charge in [0.15, 0.2) is 0 Å². The van der Waals surface area contributed by atoms with Crippen molar-refractivity contribution in [3.63, 3.8) is 0 Å². The first-order valence-corrected chi connectivity index (χ1v) is 23.9. The van der Waals surface area contributed by atoms with Crippen LogP contribution in [0.15, 0.2) is 253 Å². The smallest absolute Gasteiger partial charge is 0.143 e. The second-order valence-electron chi connectivity index (χ2n) is 18.8. The van der Waals surface area contributed by atoms with Crippen LogP contribution in [0.25, 0.3) is 99.5 Å². The summed E-state index contributed by atoms with van der Waals surface area (Å²) in [6, 6.07) is 90.8. The first-order chi connectivity index (χ1) is 34.0. The molecule has 2 nitrogen and oxygen atoms in total. The number of rotatable bonds is 8. The van der Waals surface area contributed by atoms with Crippen LogP contribution in [0.3, 0.4) is 0 Å². The van der Waals surface area contributed by atoms with Gasteiger partial charge in [-0.3, -0.25) is 0 Å². The minimum Gasteiger partial charge on any atom is -0.455 e. The molecule has 0 radical (unpaired) electrons. The Morgan fingerprint density at radius 1 is 0.333 bits per heavy atom. The van der Waals surface area contributed by atoms with Crippen molar-refractivity contribution in [3.05, 3.63) is 260 Å². The molecule has 0 atom stereocenters. The second kappa shape index (κ2) is 16.3. The van der Waals surface area contributed by atoms with Crippen molar-refractivity contribution < 1.29 is 4.42 Å². The fraction of sp³-hybridized carbons (Fsp3) is 0.0448. The van der Waals surface area contributed by atoms with E-state index in [1.54, 1.807) is 0 Å². The lowest BCUT2D eigenvalue weighted by Crippen LogP contribution is -2.14. The summed E-state index contributed by atoms with van der Waals surface area (Å²) >= 11 is 0. The summed E-state index contributed by atoms with van der Waals surface area (Å²) in [5.74, 6) is 0. The Bertz CT molecular complexity index is 3910. The van der Waals surface area contributed by atoms with Gasteiger partial charge in [0.25, 0.3) is 0 Å². The lowest BCUT2D eigenvalue weighted by atomic mass is 9.82. The molecule has 12 aromatic rings. The van der Waals surface area contributed by atoms with E-state index >= 15 is 0 Å². The number of para-hydroxylation sites is 2. The Hall–Kier alpha value is -8.72. The highest BCUT2D eigenvalue weighted by Crippen LogP contribution is 2.54. The van der Waals surface area contributed by atoms with Gasteiger partial charge in [0.1, 0.15) is 11.2 Å². The van der Waals surface area contributed by atoms with Gasteiger partial charge in [-0.15, -0.1) is 0 Å². The van der Waals surface area contributed by atoms with Gasteiger partial charge in [0.2, 0.25) is 0 Å². The molecule has 0 aliphatic heterocycles. The van der Waals surface area contributed by atoms with Crippen LogP contribution in [0.4, 0.5) is 17.1 Å². The maximum atomic E-state index is 6.97. The first kappa shape index (κ1) is 40.5. The number of fused-ring (bicyclic) bond motifs is 7. The van der Waals surface area contributed by atoms with E-state index in [2.05, 4.69) is 267 Å². The van der Waals surface area contributed by atoms with Crippen molar-refractivity contribution >= 4 is 49.8 Å². The van der Waals surface area contributed by atoms with Gasteiger partial charge in [-0.2, -0.15) is 0 Å². The van der Waals surface area contributed by atoms with Crippen molar-refractivity contribution in [2.75, 3.05) is 4.90 Å². The molecule has 0 N–H and O–H groups in total. The zero-order valence-corrected chi connectivity index (χ0v) is 38.5. The molecule has 69 heavy (non-hydrogen) atoms. The second-order valence-corrected chi connectivity index (χ2v) is 18.8. The van der Waals surface area contributed by atoms with Gasteiger partial charge in [-0.05, 0) is 108 Å². The lowest BCUT2D eigenvalue weighted by molar-refractivity contribution is 0.660. The fourth-order valence-electron chi connectivity index (χ4n) is 11.2. The predicted molar refractivity (Wildman–Crippen MR) is 291 cm³/mol. The maximum absolute atomic E-state index is 6.97. The molecular formula is C67H47NO. The van der Waals surface area contributed by atoms with E-state index in [4.69, 9.17) is 4.42 Å². The summed E-state index contributed by atoms with van der Waals surface area (Å²) in [4.78, 5) is 2.49. The van der Waals surface area contributed by atoms with Crippen LogP contribution in [0.5, 0.6) is 0 Å². The largest absolute Gasteiger partial charge is 0.455 e. The molecule has 1 aliphatic rings. The van der Waals surface area contributed by atoms with Crippen LogP contribution in [-0.2, 0) is 5.41 Å². The minimum atomic E-state index is -0.110.